The number of benzene rings is 1. The molecule has 1 heterocycles. The van der Waals surface area contributed by atoms with Crippen LogP contribution in [0.3, 0.4) is 0 Å². The van der Waals surface area contributed by atoms with E-state index in [1.807, 2.05) is 6.26 Å². The van der Waals surface area contributed by atoms with Crippen molar-refractivity contribution in [3.63, 3.8) is 0 Å². The summed E-state index contributed by atoms with van der Waals surface area (Å²) in [7, 11) is -3.74. The third-order valence-corrected chi connectivity index (χ3v) is 7.32. The molecule has 1 aliphatic heterocycles. The highest BCUT2D eigenvalue weighted by molar-refractivity contribution is 7.98. The van der Waals surface area contributed by atoms with Crippen molar-refractivity contribution in [1.82, 2.24) is 14.9 Å². The molecular weight excluding hydrogens is 394 g/mol. The molecule has 1 amide bonds. The Morgan fingerprint density at radius 2 is 1.82 bits per heavy atom. The zero-order chi connectivity index (χ0) is 20.6. The number of sulfonamides is 1. The second-order valence-electron chi connectivity index (χ2n) is 7.85. The standard InChI is InChI=1S/C20H33N3O3S2/c1-20(2,23-13-8-5-9-14-23)16-21-19(24)18(12-15-27-3)22-28(25,26)17-10-6-4-7-11-17/h4,6-7,10-11,18,22H,5,8-9,12-16H2,1-3H3,(H,21,24). The number of amides is 1. The molecule has 1 aromatic carbocycles. The molecule has 0 radical (unpaired) electrons. The van der Waals surface area contributed by atoms with Gasteiger partial charge in [0.25, 0.3) is 0 Å². The van der Waals surface area contributed by atoms with Gasteiger partial charge >= 0.3 is 0 Å². The molecule has 0 bridgehead atoms. The molecule has 0 saturated carbocycles. The Morgan fingerprint density at radius 1 is 1.18 bits per heavy atom. The number of hydrogen-bond donors (Lipinski definition) is 2. The molecule has 0 spiro atoms. The van der Waals surface area contributed by atoms with E-state index in [2.05, 4.69) is 28.8 Å². The topological polar surface area (TPSA) is 78.5 Å². The van der Waals surface area contributed by atoms with Crippen molar-refractivity contribution in [3.8, 4) is 0 Å². The number of carbonyl (C=O) groups excluding carboxylic acids is 1. The fourth-order valence-corrected chi connectivity index (χ4v) is 5.09. The van der Waals surface area contributed by atoms with Gasteiger partial charge in [-0.25, -0.2) is 8.42 Å². The van der Waals surface area contributed by atoms with Crippen molar-refractivity contribution < 1.29 is 13.2 Å². The largest absolute Gasteiger partial charge is 0.353 e. The quantitative estimate of drug-likeness (QED) is 0.600. The van der Waals surface area contributed by atoms with Crippen LogP contribution in [0.2, 0.25) is 0 Å². The Kier molecular flexibility index (Phi) is 8.80. The average Bonchev–Trinajstić information content (AvgIpc) is 2.70. The van der Waals surface area contributed by atoms with Crippen LogP contribution in [0, 0.1) is 0 Å². The van der Waals surface area contributed by atoms with Crippen LogP contribution >= 0.6 is 11.8 Å². The minimum atomic E-state index is -3.74. The van der Waals surface area contributed by atoms with Gasteiger partial charge in [0.1, 0.15) is 6.04 Å². The molecule has 2 rings (SSSR count). The van der Waals surface area contributed by atoms with Gasteiger partial charge in [0.15, 0.2) is 0 Å². The number of hydrogen-bond acceptors (Lipinski definition) is 5. The molecule has 158 valence electrons. The number of nitrogens with zero attached hydrogens (tertiary/aromatic N) is 1. The summed E-state index contributed by atoms with van der Waals surface area (Å²) in [5.41, 5.74) is -0.154. The fraction of sp³-hybridized carbons (Fsp3) is 0.650. The van der Waals surface area contributed by atoms with Crippen LogP contribution in [-0.2, 0) is 14.8 Å². The third kappa shape index (κ3) is 6.76. The zero-order valence-corrected chi connectivity index (χ0v) is 18.7. The summed E-state index contributed by atoms with van der Waals surface area (Å²) in [6.45, 7) is 6.83. The number of likely N-dealkylation sites (tertiary alicyclic amines) is 1. The van der Waals surface area contributed by atoms with Gasteiger partial charge in [-0.05, 0) is 70.3 Å². The number of rotatable bonds is 10. The SMILES string of the molecule is CSCCC(NS(=O)(=O)c1ccccc1)C(=O)NCC(C)(C)N1CCCCC1. The monoisotopic (exact) mass is 427 g/mol. The minimum absolute atomic E-state index is 0.154. The molecular formula is C20H33N3O3S2. The van der Waals surface area contributed by atoms with Gasteiger partial charge < -0.3 is 5.32 Å². The summed E-state index contributed by atoms with van der Waals surface area (Å²) in [6, 6.07) is 7.39. The lowest BCUT2D eigenvalue weighted by Crippen LogP contribution is -2.56. The third-order valence-electron chi connectivity index (χ3n) is 5.19. The highest BCUT2D eigenvalue weighted by Crippen LogP contribution is 2.20. The van der Waals surface area contributed by atoms with Crippen molar-refractivity contribution in [2.45, 2.75) is 56.0 Å². The normalized spacial score (nSPS) is 17.2. The molecule has 2 N–H and O–H groups in total. The fourth-order valence-electron chi connectivity index (χ4n) is 3.37. The molecule has 28 heavy (non-hydrogen) atoms. The highest BCUT2D eigenvalue weighted by Gasteiger charge is 2.30. The molecule has 1 fully saturated rings. The first-order chi connectivity index (χ1) is 13.3. The second-order valence-corrected chi connectivity index (χ2v) is 10.5. The summed E-state index contributed by atoms with van der Waals surface area (Å²) >= 11 is 1.59. The molecule has 1 saturated heterocycles. The van der Waals surface area contributed by atoms with Gasteiger partial charge in [0, 0.05) is 12.1 Å². The van der Waals surface area contributed by atoms with E-state index in [0.717, 1.165) is 13.1 Å². The van der Waals surface area contributed by atoms with E-state index in [0.29, 0.717) is 18.7 Å². The number of thioether (sulfide) groups is 1. The average molecular weight is 428 g/mol. The van der Waals surface area contributed by atoms with Gasteiger partial charge in [-0.1, -0.05) is 24.6 Å². The first-order valence-electron chi connectivity index (χ1n) is 9.85. The van der Waals surface area contributed by atoms with Crippen LogP contribution < -0.4 is 10.0 Å². The molecule has 0 aromatic heterocycles. The minimum Gasteiger partial charge on any atom is -0.353 e. The summed E-state index contributed by atoms with van der Waals surface area (Å²) < 4.78 is 27.9. The van der Waals surface area contributed by atoms with Crippen LogP contribution in [0.5, 0.6) is 0 Å². The molecule has 1 aromatic rings. The first kappa shape index (κ1) is 23.2. The van der Waals surface area contributed by atoms with Gasteiger partial charge in [0.2, 0.25) is 15.9 Å². The smallest absolute Gasteiger partial charge is 0.241 e. The second kappa shape index (κ2) is 10.6. The maximum atomic E-state index is 12.8. The Balaban J connectivity index is 2.02. The Labute approximate surface area is 173 Å². The van der Waals surface area contributed by atoms with Gasteiger partial charge in [0.05, 0.1) is 4.90 Å². The van der Waals surface area contributed by atoms with Crippen LogP contribution in [0.4, 0.5) is 0 Å². The lowest BCUT2D eigenvalue weighted by molar-refractivity contribution is -0.123. The van der Waals surface area contributed by atoms with Crippen LogP contribution in [0.15, 0.2) is 35.2 Å². The summed E-state index contributed by atoms with van der Waals surface area (Å²) in [4.78, 5) is 15.4. The zero-order valence-electron chi connectivity index (χ0n) is 17.1. The van der Waals surface area contributed by atoms with Crippen LogP contribution in [0.25, 0.3) is 0 Å². The van der Waals surface area contributed by atoms with E-state index in [1.165, 1.54) is 31.4 Å². The van der Waals surface area contributed by atoms with Crippen LogP contribution in [-0.4, -0.2) is 62.4 Å². The lowest BCUT2D eigenvalue weighted by atomic mass is 9.98. The van der Waals surface area contributed by atoms with Crippen LogP contribution in [0.1, 0.15) is 39.5 Å². The number of nitrogens with one attached hydrogen (secondary N) is 2. The predicted octanol–water partition coefficient (Wildman–Crippen LogP) is 2.47. The molecule has 1 atom stereocenters. The Bertz CT molecular complexity index is 717. The van der Waals surface area contributed by atoms with E-state index in [9.17, 15) is 13.2 Å². The summed E-state index contributed by atoms with van der Waals surface area (Å²) in [6.07, 6.45) is 6.02. The molecule has 1 unspecified atom stereocenters. The van der Waals surface area contributed by atoms with Crippen molar-refractivity contribution in [2.75, 3.05) is 31.6 Å². The number of carbonyl (C=O) groups is 1. The Hall–Kier alpha value is -1.09. The summed E-state index contributed by atoms with van der Waals surface area (Å²) in [5.74, 6) is 0.434. The molecule has 1 aliphatic rings. The molecule has 0 aliphatic carbocycles. The van der Waals surface area contributed by atoms with Crippen molar-refractivity contribution in [1.29, 1.82) is 0 Å². The summed E-state index contributed by atoms with van der Waals surface area (Å²) in [5, 5.41) is 2.99. The number of piperidine rings is 1. The van der Waals surface area contributed by atoms with E-state index in [1.54, 1.807) is 30.0 Å². The van der Waals surface area contributed by atoms with E-state index < -0.39 is 16.1 Å². The van der Waals surface area contributed by atoms with Gasteiger partial charge in [-0.3, -0.25) is 9.69 Å². The van der Waals surface area contributed by atoms with Crippen molar-refractivity contribution in [2.24, 2.45) is 0 Å². The predicted molar refractivity (Wildman–Crippen MR) is 116 cm³/mol. The van der Waals surface area contributed by atoms with E-state index >= 15 is 0 Å². The van der Waals surface area contributed by atoms with Crippen molar-refractivity contribution >= 4 is 27.7 Å². The first-order valence-corrected chi connectivity index (χ1v) is 12.7. The maximum absolute atomic E-state index is 12.8. The maximum Gasteiger partial charge on any atom is 0.241 e. The molecule has 8 heteroatoms. The van der Waals surface area contributed by atoms with E-state index in [-0.39, 0.29) is 16.3 Å². The lowest BCUT2D eigenvalue weighted by Gasteiger charge is -2.41. The Morgan fingerprint density at radius 3 is 2.43 bits per heavy atom. The molecule has 6 nitrogen and oxygen atoms in total. The van der Waals surface area contributed by atoms with Crippen molar-refractivity contribution in [3.05, 3.63) is 30.3 Å². The van der Waals surface area contributed by atoms with E-state index in [4.69, 9.17) is 0 Å². The van der Waals surface area contributed by atoms with Gasteiger partial charge in [-0.2, -0.15) is 16.5 Å². The highest BCUT2D eigenvalue weighted by atomic mass is 32.2. The van der Waals surface area contributed by atoms with Gasteiger partial charge in [-0.15, -0.1) is 0 Å².